The van der Waals surface area contributed by atoms with E-state index in [0.29, 0.717) is 6.54 Å². The van der Waals surface area contributed by atoms with Gasteiger partial charge in [0.05, 0.1) is 0 Å². The van der Waals surface area contributed by atoms with Gasteiger partial charge in [-0.1, -0.05) is 0 Å². The number of fused-ring (bicyclic) bond motifs is 4. The summed E-state index contributed by atoms with van der Waals surface area (Å²) in [6.07, 6.45) is -1.02. The molecule has 2 aromatic carbocycles. The van der Waals surface area contributed by atoms with Crippen molar-refractivity contribution in [2.45, 2.75) is 33.7 Å². The number of rotatable bonds is 7. The van der Waals surface area contributed by atoms with Crippen LogP contribution in [0.25, 0.3) is 0 Å². The summed E-state index contributed by atoms with van der Waals surface area (Å²) in [5.74, 6) is -3.65. The number of benzene rings is 2. The van der Waals surface area contributed by atoms with Crippen LogP contribution in [0.3, 0.4) is 0 Å². The van der Waals surface area contributed by atoms with Gasteiger partial charge in [-0.25, -0.2) is 0 Å². The SMILES string of the molecule is CO[C@@]12[C@H](COC(N)=O)C3=C(C(=O)C([Se]c4ccccc4)([Se]c4ccccc4)C4(OCCO4)C3=O)N1C[C@H]1[C@@H]2N1C(C)=O. The Balaban J connectivity index is 1.45. The molecule has 5 aliphatic rings. The molecule has 3 fully saturated rings. The fourth-order valence-corrected chi connectivity index (χ4v) is 14.7. The molecule has 11 nitrogen and oxygen atoms in total. The third-order valence-electron chi connectivity index (χ3n) is 8.80. The molecular formula is C30H29N3O8Se2. The maximum absolute atomic E-state index is 15.4. The number of hydrogen-bond donors (Lipinski definition) is 1. The number of methoxy groups -OCH3 is 1. The van der Waals surface area contributed by atoms with Crippen molar-refractivity contribution in [3.63, 3.8) is 0 Å². The van der Waals surface area contributed by atoms with E-state index in [1.807, 2.05) is 65.6 Å². The Morgan fingerprint density at radius 3 is 2.07 bits per heavy atom. The van der Waals surface area contributed by atoms with Gasteiger partial charge in [0.2, 0.25) is 0 Å². The van der Waals surface area contributed by atoms with E-state index in [1.165, 1.54) is 14.0 Å². The molecule has 2 aromatic rings. The topological polar surface area (TPSA) is 137 Å². The first kappa shape index (κ1) is 28.7. The molecule has 43 heavy (non-hydrogen) atoms. The molecule has 0 unspecified atom stereocenters. The van der Waals surface area contributed by atoms with Gasteiger partial charge in [-0.05, 0) is 0 Å². The van der Waals surface area contributed by atoms with E-state index in [4.69, 9.17) is 24.7 Å². The van der Waals surface area contributed by atoms with Gasteiger partial charge in [0, 0.05) is 0 Å². The number of piperazine rings is 1. The van der Waals surface area contributed by atoms with Crippen molar-refractivity contribution in [1.82, 2.24) is 9.80 Å². The number of primary amides is 1. The van der Waals surface area contributed by atoms with Crippen LogP contribution in [0.4, 0.5) is 4.79 Å². The summed E-state index contributed by atoms with van der Waals surface area (Å²) in [6, 6.07) is 18.6. The number of nitrogens with zero attached hydrogens (tertiary/aromatic N) is 2. The fraction of sp³-hybridized carbons (Fsp3) is 0.400. The van der Waals surface area contributed by atoms with Crippen molar-refractivity contribution in [1.29, 1.82) is 0 Å². The van der Waals surface area contributed by atoms with Gasteiger partial charge >= 0.3 is 261 Å². The van der Waals surface area contributed by atoms with Gasteiger partial charge < -0.3 is 0 Å². The number of carbonyl (C=O) groups excluding carboxylic acids is 4. The molecular weight excluding hydrogens is 688 g/mol. The third-order valence-corrected chi connectivity index (χ3v) is 15.9. The second kappa shape index (κ2) is 10.3. The Kier molecular flexibility index (Phi) is 6.86. The Bertz CT molecular complexity index is 1510. The number of hydrogen-bond acceptors (Lipinski definition) is 9. The van der Waals surface area contributed by atoms with Crippen molar-refractivity contribution in [2.24, 2.45) is 11.7 Å². The van der Waals surface area contributed by atoms with Crippen LogP contribution in [0, 0.1) is 5.92 Å². The van der Waals surface area contributed by atoms with Crippen LogP contribution in [0.5, 0.6) is 0 Å². The monoisotopic (exact) mass is 719 g/mol. The first-order valence-corrected chi connectivity index (χ1v) is 17.3. The number of amides is 2. The first-order valence-electron chi connectivity index (χ1n) is 13.9. The number of nitrogens with two attached hydrogens (primary N) is 1. The van der Waals surface area contributed by atoms with Crippen LogP contribution in [-0.2, 0) is 33.3 Å². The van der Waals surface area contributed by atoms with Crippen LogP contribution in [-0.4, -0.2) is 120 Å². The molecule has 1 aliphatic carbocycles. The van der Waals surface area contributed by atoms with Gasteiger partial charge in [0.15, 0.2) is 0 Å². The number of allylic oxidation sites excluding steroid dienone is 1. The van der Waals surface area contributed by atoms with Crippen LogP contribution >= 0.6 is 0 Å². The van der Waals surface area contributed by atoms with E-state index >= 15 is 9.59 Å². The van der Waals surface area contributed by atoms with E-state index in [9.17, 15) is 9.59 Å². The van der Waals surface area contributed by atoms with Crippen molar-refractivity contribution < 1.29 is 38.1 Å². The molecule has 4 atom stereocenters. The Hall–Kier alpha value is -3.02. The minimum absolute atomic E-state index is 0.142. The Labute approximate surface area is 260 Å². The third kappa shape index (κ3) is 3.90. The molecule has 2 amide bonds. The molecule has 4 heterocycles. The van der Waals surface area contributed by atoms with Crippen LogP contribution in [0.15, 0.2) is 71.9 Å². The zero-order valence-corrected chi connectivity index (χ0v) is 26.8. The van der Waals surface area contributed by atoms with E-state index in [0.717, 1.165) is 8.92 Å². The van der Waals surface area contributed by atoms with E-state index in [1.54, 1.807) is 4.90 Å². The van der Waals surface area contributed by atoms with Crippen molar-refractivity contribution in [3.05, 3.63) is 71.9 Å². The standard InChI is InChI=1S/C30H29N3O8Se2/c1-17(34)33-21-15-32-23-22(20(16-39-27(31)37)28(32,38-2)24(21)33)25(35)29(40-13-14-41-29)30(26(23)36,42-18-9-5-3-6-10-18)43-19-11-7-4-8-12-19/h3-12,20-21,24H,13-16H2,1-2H3,(H2,31,37)/t20-,21+,24+,28-,33?/m1/s1. The van der Waals surface area contributed by atoms with Gasteiger partial charge in [0.1, 0.15) is 0 Å². The normalized spacial score (nSPS) is 29.5. The number of ether oxygens (including phenoxy) is 4. The molecule has 0 saturated carbocycles. The van der Waals surface area contributed by atoms with Crippen LogP contribution in [0.1, 0.15) is 6.92 Å². The van der Waals surface area contributed by atoms with Gasteiger partial charge in [-0.15, -0.1) is 0 Å². The summed E-state index contributed by atoms with van der Waals surface area (Å²) in [4.78, 5) is 58.4. The first-order chi connectivity index (χ1) is 20.7. The van der Waals surface area contributed by atoms with Crippen molar-refractivity contribution in [2.75, 3.05) is 33.5 Å². The molecule has 7 rings (SSSR count). The Morgan fingerprint density at radius 1 is 0.977 bits per heavy atom. The molecule has 0 radical (unpaired) electrons. The molecule has 2 N–H and O–H groups in total. The summed E-state index contributed by atoms with van der Waals surface area (Å²) in [7, 11) is 1.49. The van der Waals surface area contributed by atoms with E-state index in [-0.39, 0.29) is 48.8 Å². The van der Waals surface area contributed by atoms with Gasteiger partial charge in [-0.3, -0.25) is 0 Å². The summed E-state index contributed by atoms with van der Waals surface area (Å²) in [5, 5.41) is 0. The second-order valence-electron chi connectivity index (χ2n) is 10.9. The van der Waals surface area contributed by atoms with Crippen molar-refractivity contribution >= 4 is 62.4 Å². The second-order valence-corrected chi connectivity index (χ2v) is 17.6. The fourth-order valence-electron chi connectivity index (χ4n) is 7.21. The predicted molar refractivity (Wildman–Crippen MR) is 154 cm³/mol. The molecule has 13 heteroatoms. The predicted octanol–water partition coefficient (Wildman–Crippen LogP) is -0.706. The summed E-state index contributed by atoms with van der Waals surface area (Å²) < 4.78 is 24.7. The maximum atomic E-state index is 15.4. The van der Waals surface area contributed by atoms with E-state index < -0.39 is 68.5 Å². The van der Waals surface area contributed by atoms with E-state index in [2.05, 4.69) is 0 Å². The Morgan fingerprint density at radius 2 is 1.56 bits per heavy atom. The summed E-state index contributed by atoms with van der Waals surface area (Å²) in [5.41, 5.74) is 4.46. The molecule has 3 saturated heterocycles. The summed E-state index contributed by atoms with van der Waals surface area (Å²) in [6.45, 7) is 1.74. The van der Waals surface area contributed by atoms with Crippen LogP contribution in [0.2, 0.25) is 3.21 Å². The molecule has 1 spiro atoms. The molecule has 0 aromatic heterocycles. The quantitative estimate of drug-likeness (QED) is 0.291. The number of Topliss-reactive ketones (excluding diaryl/α,β-unsaturated/α-hetero) is 2. The molecule has 4 aliphatic heterocycles. The average molecular weight is 717 g/mol. The molecule has 224 valence electrons. The summed E-state index contributed by atoms with van der Waals surface area (Å²) >= 11 is -1.21. The van der Waals surface area contributed by atoms with Gasteiger partial charge in [0.25, 0.3) is 0 Å². The average Bonchev–Trinajstić information content (AvgIpc) is 3.28. The van der Waals surface area contributed by atoms with Gasteiger partial charge in [-0.2, -0.15) is 0 Å². The number of ketones is 2. The van der Waals surface area contributed by atoms with Crippen molar-refractivity contribution in [3.8, 4) is 0 Å². The minimum atomic E-state index is -1.88. The zero-order valence-electron chi connectivity index (χ0n) is 23.4. The van der Waals surface area contributed by atoms with Crippen LogP contribution < -0.4 is 14.7 Å². The zero-order chi connectivity index (χ0) is 30.1. The number of carbonyl (C=O) groups is 4. The molecule has 0 bridgehead atoms.